The minimum atomic E-state index is -0.647. The second kappa shape index (κ2) is 9.27. The molecule has 2 aromatic rings. The highest BCUT2D eigenvalue weighted by molar-refractivity contribution is 6.46. The lowest BCUT2D eigenvalue weighted by molar-refractivity contribution is -0.139. The summed E-state index contributed by atoms with van der Waals surface area (Å²) < 4.78 is 5.70. The highest BCUT2D eigenvalue weighted by Crippen LogP contribution is 2.41. The standard InChI is InChI=1S/C26H31N3O4/c1-17-7-5-8-18(15-17)23-22(25(31)26(32)29(23)12-6-11-27(2)3)24(30)19-9-10-21-20(16-19)28(4)13-14-33-21/h5,7-10,15-16,23,30H,6,11-14H2,1-4H3/b24-22-. The first kappa shape index (κ1) is 22.9. The van der Waals surface area contributed by atoms with Crippen LogP contribution in [-0.4, -0.2) is 74.0 Å². The summed E-state index contributed by atoms with van der Waals surface area (Å²) in [5, 5.41) is 11.3. The zero-order valence-corrected chi connectivity index (χ0v) is 19.7. The predicted octanol–water partition coefficient (Wildman–Crippen LogP) is 3.20. The fourth-order valence-corrected chi connectivity index (χ4v) is 4.51. The van der Waals surface area contributed by atoms with Gasteiger partial charge in [0.15, 0.2) is 0 Å². The first-order chi connectivity index (χ1) is 15.8. The largest absolute Gasteiger partial charge is 0.507 e. The molecule has 0 aromatic heterocycles. The topological polar surface area (TPSA) is 73.3 Å². The summed E-state index contributed by atoms with van der Waals surface area (Å²) in [6.45, 7) is 4.53. The van der Waals surface area contributed by atoms with Crippen molar-refractivity contribution in [3.63, 3.8) is 0 Å². The number of aryl methyl sites for hydroxylation is 1. The molecule has 7 nitrogen and oxygen atoms in total. The van der Waals surface area contributed by atoms with Gasteiger partial charge in [-0.15, -0.1) is 0 Å². The number of aliphatic hydroxyl groups is 1. The van der Waals surface area contributed by atoms with E-state index in [0.29, 0.717) is 18.7 Å². The maximum absolute atomic E-state index is 13.2. The van der Waals surface area contributed by atoms with Crippen LogP contribution in [0.25, 0.3) is 5.76 Å². The molecule has 2 aliphatic rings. The number of amides is 1. The van der Waals surface area contributed by atoms with Gasteiger partial charge in [-0.2, -0.15) is 0 Å². The van der Waals surface area contributed by atoms with Gasteiger partial charge in [-0.25, -0.2) is 0 Å². The van der Waals surface area contributed by atoms with Gasteiger partial charge in [-0.3, -0.25) is 9.59 Å². The predicted molar refractivity (Wildman–Crippen MR) is 129 cm³/mol. The van der Waals surface area contributed by atoms with E-state index in [0.717, 1.165) is 42.1 Å². The van der Waals surface area contributed by atoms with Crippen molar-refractivity contribution in [1.29, 1.82) is 0 Å². The molecule has 1 atom stereocenters. The SMILES string of the molecule is Cc1cccc(C2/C(=C(/O)c3ccc4c(c3)N(C)CCO4)C(=O)C(=O)N2CCCN(C)C)c1. The van der Waals surface area contributed by atoms with Crippen molar-refractivity contribution in [2.45, 2.75) is 19.4 Å². The Labute approximate surface area is 194 Å². The third kappa shape index (κ3) is 4.46. The van der Waals surface area contributed by atoms with Crippen molar-refractivity contribution in [2.24, 2.45) is 0 Å². The fourth-order valence-electron chi connectivity index (χ4n) is 4.51. The Kier molecular flexibility index (Phi) is 6.42. The molecule has 0 aliphatic carbocycles. The average molecular weight is 450 g/mol. The van der Waals surface area contributed by atoms with E-state index in [2.05, 4.69) is 0 Å². The number of ether oxygens (including phenoxy) is 1. The molecule has 1 fully saturated rings. The average Bonchev–Trinajstić information content (AvgIpc) is 3.03. The number of aliphatic hydroxyl groups excluding tert-OH is 1. The van der Waals surface area contributed by atoms with E-state index < -0.39 is 17.7 Å². The molecule has 7 heteroatoms. The molecule has 174 valence electrons. The number of likely N-dealkylation sites (tertiary alicyclic amines) is 1. The van der Waals surface area contributed by atoms with Crippen molar-refractivity contribution in [3.05, 3.63) is 64.7 Å². The number of hydrogen-bond donors (Lipinski definition) is 1. The van der Waals surface area contributed by atoms with Gasteiger partial charge >= 0.3 is 0 Å². The number of benzene rings is 2. The van der Waals surface area contributed by atoms with E-state index in [1.54, 1.807) is 17.0 Å². The quantitative estimate of drug-likeness (QED) is 0.415. The highest BCUT2D eigenvalue weighted by Gasteiger charge is 2.45. The monoisotopic (exact) mass is 449 g/mol. The minimum absolute atomic E-state index is 0.134. The fraction of sp³-hybridized carbons (Fsp3) is 0.385. The zero-order valence-electron chi connectivity index (χ0n) is 19.7. The Morgan fingerprint density at radius 1 is 1.18 bits per heavy atom. The van der Waals surface area contributed by atoms with Crippen LogP contribution in [0.5, 0.6) is 5.75 Å². The third-order valence-electron chi connectivity index (χ3n) is 6.23. The van der Waals surface area contributed by atoms with Crippen molar-refractivity contribution < 1.29 is 19.4 Å². The Balaban J connectivity index is 1.80. The van der Waals surface area contributed by atoms with Crippen LogP contribution in [0.4, 0.5) is 5.69 Å². The van der Waals surface area contributed by atoms with E-state index in [-0.39, 0.29) is 11.3 Å². The lowest BCUT2D eigenvalue weighted by Crippen LogP contribution is -2.32. The number of carbonyl (C=O) groups is 2. The molecule has 0 spiro atoms. The first-order valence-corrected chi connectivity index (χ1v) is 11.3. The van der Waals surface area contributed by atoms with Gasteiger partial charge in [0.2, 0.25) is 0 Å². The normalized spacial score (nSPS) is 19.7. The van der Waals surface area contributed by atoms with Gasteiger partial charge in [-0.1, -0.05) is 29.8 Å². The Hall–Kier alpha value is -3.32. The summed E-state index contributed by atoms with van der Waals surface area (Å²) in [4.78, 5) is 32.0. The van der Waals surface area contributed by atoms with Crippen molar-refractivity contribution in [2.75, 3.05) is 52.3 Å². The summed E-state index contributed by atoms with van der Waals surface area (Å²) >= 11 is 0. The van der Waals surface area contributed by atoms with E-state index >= 15 is 0 Å². The number of likely N-dealkylation sites (N-methyl/N-ethyl adjacent to an activating group) is 1. The molecule has 0 saturated carbocycles. The van der Waals surface area contributed by atoms with Gasteiger partial charge in [0, 0.05) is 19.2 Å². The molecule has 33 heavy (non-hydrogen) atoms. The van der Waals surface area contributed by atoms with E-state index in [1.807, 2.05) is 68.2 Å². The third-order valence-corrected chi connectivity index (χ3v) is 6.23. The molecule has 2 heterocycles. The first-order valence-electron chi connectivity index (χ1n) is 11.3. The van der Waals surface area contributed by atoms with Crippen molar-refractivity contribution in [1.82, 2.24) is 9.80 Å². The van der Waals surface area contributed by atoms with Crippen LogP contribution >= 0.6 is 0 Å². The number of fused-ring (bicyclic) bond motifs is 1. The summed E-state index contributed by atoms with van der Waals surface area (Å²) in [6, 6.07) is 12.5. The van der Waals surface area contributed by atoms with Crippen molar-refractivity contribution >= 4 is 23.1 Å². The van der Waals surface area contributed by atoms with Crippen molar-refractivity contribution in [3.8, 4) is 5.75 Å². The lowest BCUT2D eigenvalue weighted by Gasteiger charge is -2.28. The summed E-state index contributed by atoms with van der Waals surface area (Å²) in [6.07, 6.45) is 0.726. The van der Waals surface area contributed by atoms with Crippen LogP contribution in [-0.2, 0) is 9.59 Å². The number of carbonyl (C=O) groups excluding carboxylic acids is 2. The molecule has 2 aliphatic heterocycles. The second-order valence-electron chi connectivity index (χ2n) is 9.02. The number of ketones is 1. The number of Topliss-reactive ketones (excluding diaryl/α,β-unsaturated/α-hetero) is 1. The van der Waals surface area contributed by atoms with Gasteiger partial charge in [-0.05, 0) is 57.7 Å². The van der Waals surface area contributed by atoms with Gasteiger partial charge in [0.25, 0.3) is 11.7 Å². The van der Waals surface area contributed by atoms with Crippen LogP contribution in [0.3, 0.4) is 0 Å². The van der Waals surface area contributed by atoms with E-state index in [4.69, 9.17) is 4.74 Å². The van der Waals surface area contributed by atoms with Crippen LogP contribution in [0.2, 0.25) is 0 Å². The maximum atomic E-state index is 13.2. The number of anilines is 1. The Morgan fingerprint density at radius 3 is 2.70 bits per heavy atom. The van der Waals surface area contributed by atoms with Gasteiger partial charge in [0.1, 0.15) is 18.1 Å². The van der Waals surface area contributed by atoms with Crippen LogP contribution in [0.15, 0.2) is 48.0 Å². The second-order valence-corrected chi connectivity index (χ2v) is 9.02. The summed E-state index contributed by atoms with van der Waals surface area (Å²) in [7, 11) is 5.91. The van der Waals surface area contributed by atoms with Gasteiger partial charge in [0.05, 0.1) is 23.8 Å². The molecule has 1 amide bonds. The van der Waals surface area contributed by atoms with E-state index in [1.165, 1.54) is 0 Å². The summed E-state index contributed by atoms with van der Waals surface area (Å²) in [5.74, 6) is -0.636. The molecule has 2 aromatic carbocycles. The number of hydrogen-bond acceptors (Lipinski definition) is 6. The Bertz CT molecular complexity index is 1110. The molecule has 0 radical (unpaired) electrons. The lowest BCUT2D eigenvalue weighted by atomic mass is 9.94. The molecule has 1 N–H and O–H groups in total. The van der Waals surface area contributed by atoms with E-state index in [9.17, 15) is 14.7 Å². The molecule has 1 unspecified atom stereocenters. The molecule has 0 bridgehead atoms. The Morgan fingerprint density at radius 2 is 1.97 bits per heavy atom. The van der Waals surface area contributed by atoms with Gasteiger partial charge < -0.3 is 24.5 Å². The number of nitrogens with zero attached hydrogens (tertiary/aromatic N) is 3. The highest BCUT2D eigenvalue weighted by atomic mass is 16.5. The minimum Gasteiger partial charge on any atom is -0.507 e. The summed E-state index contributed by atoms with van der Waals surface area (Å²) in [5.41, 5.74) is 3.32. The molecular formula is C26H31N3O4. The maximum Gasteiger partial charge on any atom is 0.295 e. The number of rotatable bonds is 6. The van der Waals surface area contributed by atoms with Crippen LogP contribution in [0, 0.1) is 6.92 Å². The molecule has 1 saturated heterocycles. The zero-order chi connectivity index (χ0) is 23.7. The molecule has 4 rings (SSSR count). The molecular weight excluding hydrogens is 418 g/mol. The van der Waals surface area contributed by atoms with Crippen LogP contribution in [0.1, 0.15) is 29.2 Å². The van der Waals surface area contributed by atoms with Crippen LogP contribution < -0.4 is 9.64 Å². The smallest absolute Gasteiger partial charge is 0.295 e.